The highest BCUT2D eigenvalue weighted by molar-refractivity contribution is 5.98. The van der Waals surface area contributed by atoms with Gasteiger partial charge in [-0.2, -0.15) is 0 Å². The smallest absolute Gasteiger partial charge is 0.0725 e. The van der Waals surface area contributed by atoms with Crippen molar-refractivity contribution in [3.63, 3.8) is 0 Å². The van der Waals surface area contributed by atoms with Crippen LogP contribution in [-0.2, 0) is 5.41 Å². The van der Waals surface area contributed by atoms with Gasteiger partial charge in [0.05, 0.1) is 5.41 Å². The van der Waals surface area contributed by atoms with Crippen LogP contribution in [0, 0.1) is 0 Å². The molecule has 0 unspecified atom stereocenters. The lowest BCUT2D eigenvalue weighted by Gasteiger charge is -2.31. The largest absolute Gasteiger partial charge is 0.310 e. The molecule has 0 saturated carbocycles. The third-order valence-electron chi connectivity index (χ3n) is 11.7. The van der Waals surface area contributed by atoms with Gasteiger partial charge in [-0.3, -0.25) is 0 Å². The molecule has 1 heteroatoms. The highest BCUT2D eigenvalue weighted by Gasteiger charge is 2.51. The van der Waals surface area contributed by atoms with Crippen LogP contribution in [0.1, 0.15) is 22.3 Å². The zero-order chi connectivity index (χ0) is 35.6. The van der Waals surface area contributed by atoms with E-state index in [-0.39, 0.29) is 5.41 Å². The molecule has 54 heavy (non-hydrogen) atoms. The lowest BCUT2D eigenvalue weighted by Crippen LogP contribution is -2.25. The Kier molecular flexibility index (Phi) is 6.84. The van der Waals surface area contributed by atoms with Gasteiger partial charge in [0, 0.05) is 17.1 Å². The van der Waals surface area contributed by atoms with Crippen molar-refractivity contribution >= 4 is 27.8 Å². The second-order valence-corrected chi connectivity index (χ2v) is 14.4. The molecule has 0 fully saturated rings. The molecule has 0 aromatic heterocycles. The first-order chi connectivity index (χ1) is 26.8. The molecule has 0 N–H and O–H groups in total. The van der Waals surface area contributed by atoms with E-state index in [1.54, 1.807) is 0 Å². The maximum Gasteiger partial charge on any atom is 0.0725 e. The summed E-state index contributed by atoms with van der Waals surface area (Å²) in [6.07, 6.45) is 0. The summed E-state index contributed by atoms with van der Waals surface area (Å²) in [5, 5.41) is 2.52. The normalized spacial score (nSPS) is 13.0. The van der Waals surface area contributed by atoms with Crippen molar-refractivity contribution in [2.45, 2.75) is 5.41 Å². The van der Waals surface area contributed by atoms with Crippen molar-refractivity contribution in [3.8, 4) is 44.5 Å². The van der Waals surface area contributed by atoms with Crippen LogP contribution >= 0.6 is 0 Å². The van der Waals surface area contributed by atoms with Gasteiger partial charge in [-0.05, 0) is 114 Å². The number of benzene rings is 9. The Hall–Kier alpha value is -6.96. The van der Waals surface area contributed by atoms with Crippen LogP contribution in [0.5, 0.6) is 0 Å². The minimum absolute atomic E-state index is 0.361. The molecule has 252 valence electrons. The monoisotopic (exact) mass is 685 g/mol. The number of nitrogens with zero attached hydrogens (tertiary/aromatic N) is 1. The van der Waals surface area contributed by atoms with Gasteiger partial charge in [0.15, 0.2) is 0 Å². The van der Waals surface area contributed by atoms with Gasteiger partial charge in [-0.25, -0.2) is 0 Å². The highest BCUT2D eigenvalue weighted by Crippen LogP contribution is 2.63. The Balaban J connectivity index is 1.09. The van der Waals surface area contributed by atoms with Crippen LogP contribution in [0.3, 0.4) is 0 Å². The molecule has 0 heterocycles. The third-order valence-corrected chi connectivity index (χ3v) is 11.7. The molecule has 0 bridgehead atoms. The average Bonchev–Trinajstić information content (AvgIpc) is 3.72. The van der Waals surface area contributed by atoms with E-state index in [4.69, 9.17) is 0 Å². The summed E-state index contributed by atoms with van der Waals surface area (Å²) in [6.45, 7) is 0. The molecule has 0 saturated heterocycles. The molecule has 2 aliphatic carbocycles. The molecule has 1 spiro atoms. The molecule has 9 aromatic carbocycles. The predicted octanol–water partition coefficient (Wildman–Crippen LogP) is 14.0. The Morgan fingerprint density at radius 2 is 0.722 bits per heavy atom. The number of hydrogen-bond acceptors (Lipinski definition) is 1. The molecule has 1 nitrogen and oxygen atoms in total. The van der Waals surface area contributed by atoms with E-state index in [1.807, 2.05) is 0 Å². The average molecular weight is 686 g/mol. The summed E-state index contributed by atoms with van der Waals surface area (Å²) in [5.74, 6) is 0. The predicted molar refractivity (Wildman–Crippen MR) is 226 cm³/mol. The number of hydrogen-bond donors (Lipinski definition) is 0. The van der Waals surface area contributed by atoms with Crippen LogP contribution < -0.4 is 4.90 Å². The van der Waals surface area contributed by atoms with Crippen molar-refractivity contribution in [1.82, 2.24) is 0 Å². The third kappa shape index (κ3) is 4.45. The van der Waals surface area contributed by atoms with Crippen molar-refractivity contribution in [3.05, 3.63) is 235 Å². The van der Waals surface area contributed by atoms with Crippen LogP contribution in [0.4, 0.5) is 17.1 Å². The highest BCUT2D eigenvalue weighted by atomic mass is 15.1. The zero-order valence-electron chi connectivity index (χ0n) is 29.7. The quantitative estimate of drug-likeness (QED) is 0.174. The molecule has 0 radical (unpaired) electrons. The maximum atomic E-state index is 2.43. The SMILES string of the molecule is c1ccc(-c2ccc(N(c3ccc(-c4cccc5ccccc45)cc3)c3ccc4c(c3)-c3ccccc3C43c4ccccc4-c4ccccc43)cc2)cc1. The number of anilines is 3. The standard InChI is InChI=1S/C53H35N/c1-2-13-36(14-3-1)37-25-29-40(30-26-37)54(41-31-27-39(28-32-41)44-21-12-16-38-15-4-5-17-43(38)44)42-33-34-52-48(35-42)47-20-8-11-24-51(47)53(52)49-22-9-6-18-45(49)46-19-7-10-23-50(46)53/h1-35H. The molecule has 0 atom stereocenters. The first-order valence-corrected chi connectivity index (χ1v) is 18.8. The first kappa shape index (κ1) is 30.6. The Labute approximate surface area is 316 Å². The van der Waals surface area contributed by atoms with E-state index in [2.05, 4.69) is 217 Å². The minimum atomic E-state index is -0.361. The van der Waals surface area contributed by atoms with E-state index in [0.29, 0.717) is 0 Å². The lowest BCUT2D eigenvalue weighted by atomic mass is 9.70. The van der Waals surface area contributed by atoms with Crippen LogP contribution in [0.25, 0.3) is 55.3 Å². The molecule has 2 aliphatic rings. The summed E-state index contributed by atoms with van der Waals surface area (Å²) in [5.41, 5.74) is 18.5. The van der Waals surface area contributed by atoms with Crippen LogP contribution in [0.15, 0.2) is 212 Å². The van der Waals surface area contributed by atoms with E-state index in [0.717, 1.165) is 17.1 Å². The fourth-order valence-electron chi connectivity index (χ4n) is 9.37. The summed E-state index contributed by atoms with van der Waals surface area (Å²) >= 11 is 0. The number of rotatable bonds is 5. The van der Waals surface area contributed by atoms with E-state index >= 15 is 0 Å². The zero-order valence-corrected chi connectivity index (χ0v) is 29.7. The van der Waals surface area contributed by atoms with Crippen molar-refractivity contribution in [2.75, 3.05) is 4.90 Å². The van der Waals surface area contributed by atoms with Gasteiger partial charge in [0.25, 0.3) is 0 Å². The van der Waals surface area contributed by atoms with Gasteiger partial charge >= 0.3 is 0 Å². The Morgan fingerprint density at radius 3 is 1.37 bits per heavy atom. The molecule has 9 aromatic rings. The van der Waals surface area contributed by atoms with Crippen LogP contribution in [-0.4, -0.2) is 0 Å². The van der Waals surface area contributed by atoms with E-state index in [1.165, 1.54) is 77.5 Å². The Morgan fingerprint density at radius 1 is 0.278 bits per heavy atom. The fourth-order valence-corrected chi connectivity index (χ4v) is 9.37. The van der Waals surface area contributed by atoms with Gasteiger partial charge < -0.3 is 4.90 Å². The fraction of sp³-hybridized carbons (Fsp3) is 0.0189. The number of fused-ring (bicyclic) bond motifs is 11. The summed E-state index contributed by atoms with van der Waals surface area (Å²) in [6, 6.07) is 78.1. The van der Waals surface area contributed by atoms with Gasteiger partial charge in [0.1, 0.15) is 0 Å². The summed E-state index contributed by atoms with van der Waals surface area (Å²) in [7, 11) is 0. The Bertz CT molecular complexity index is 2820. The second-order valence-electron chi connectivity index (χ2n) is 14.4. The maximum absolute atomic E-state index is 2.43. The molecule has 0 amide bonds. The van der Waals surface area contributed by atoms with Gasteiger partial charge in [0.2, 0.25) is 0 Å². The topological polar surface area (TPSA) is 3.24 Å². The van der Waals surface area contributed by atoms with Gasteiger partial charge in [-0.1, -0.05) is 176 Å². The van der Waals surface area contributed by atoms with Crippen molar-refractivity contribution in [1.29, 1.82) is 0 Å². The summed E-state index contributed by atoms with van der Waals surface area (Å²) < 4.78 is 0. The molecular weight excluding hydrogens is 651 g/mol. The van der Waals surface area contributed by atoms with Gasteiger partial charge in [-0.15, -0.1) is 0 Å². The van der Waals surface area contributed by atoms with Crippen LogP contribution in [0.2, 0.25) is 0 Å². The second kappa shape index (κ2) is 12.0. The molecule has 11 rings (SSSR count). The van der Waals surface area contributed by atoms with E-state index < -0.39 is 0 Å². The molecule has 0 aliphatic heterocycles. The molecular formula is C53H35N. The lowest BCUT2D eigenvalue weighted by molar-refractivity contribution is 0.794. The first-order valence-electron chi connectivity index (χ1n) is 18.8. The van der Waals surface area contributed by atoms with Crippen molar-refractivity contribution in [2.24, 2.45) is 0 Å². The van der Waals surface area contributed by atoms with E-state index in [9.17, 15) is 0 Å². The summed E-state index contributed by atoms with van der Waals surface area (Å²) in [4.78, 5) is 2.41. The minimum Gasteiger partial charge on any atom is -0.310 e. The van der Waals surface area contributed by atoms with Crippen molar-refractivity contribution < 1.29 is 0 Å².